The highest BCUT2D eigenvalue weighted by Gasteiger charge is 2.21. The fourth-order valence-electron chi connectivity index (χ4n) is 2.76. The second kappa shape index (κ2) is 9.37. The first-order valence-electron chi connectivity index (χ1n) is 9.20. The number of aromatic nitrogens is 1. The van der Waals surface area contributed by atoms with Crippen LogP contribution in [0.25, 0.3) is 0 Å². The monoisotopic (exact) mass is 426 g/mol. The Bertz CT molecular complexity index is 1090. The van der Waals surface area contributed by atoms with E-state index in [4.69, 9.17) is 27.5 Å². The van der Waals surface area contributed by atoms with Gasteiger partial charge in [-0.2, -0.15) is 0 Å². The summed E-state index contributed by atoms with van der Waals surface area (Å²) >= 11 is 6.08. The zero-order valence-electron chi connectivity index (χ0n) is 16.2. The predicted molar refractivity (Wildman–Crippen MR) is 116 cm³/mol. The van der Waals surface area contributed by atoms with Gasteiger partial charge in [0.25, 0.3) is 5.91 Å². The van der Waals surface area contributed by atoms with E-state index in [9.17, 15) is 9.18 Å². The van der Waals surface area contributed by atoms with Crippen molar-refractivity contribution in [3.63, 3.8) is 0 Å². The fraction of sp³-hybridized carbons (Fsp3) is 0.136. The molecule has 8 heteroatoms. The van der Waals surface area contributed by atoms with Gasteiger partial charge in [-0.1, -0.05) is 48.9 Å². The van der Waals surface area contributed by atoms with E-state index in [0.29, 0.717) is 12.0 Å². The van der Waals surface area contributed by atoms with Gasteiger partial charge >= 0.3 is 0 Å². The molecule has 1 amide bonds. The van der Waals surface area contributed by atoms with Crippen LogP contribution in [0.5, 0.6) is 5.75 Å². The third-order valence-electron chi connectivity index (χ3n) is 4.37. The average molecular weight is 427 g/mol. The summed E-state index contributed by atoms with van der Waals surface area (Å²) in [5, 5.41) is 10.4. The molecule has 0 bridgehead atoms. The van der Waals surface area contributed by atoms with Crippen LogP contribution in [0.2, 0.25) is 5.02 Å². The fourth-order valence-corrected chi connectivity index (χ4v) is 2.99. The van der Waals surface area contributed by atoms with Crippen molar-refractivity contribution in [3.05, 3.63) is 82.3 Å². The van der Waals surface area contributed by atoms with Gasteiger partial charge in [0.05, 0.1) is 22.5 Å². The molecule has 2 aromatic carbocycles. The Morgan fingerprint density at radius 3 is 2.70 bits per heavy atom. The van der Waals surface area contributed by atoms with Crippen LogP contribution in [0.15, 0.2) is 54.7 Å². The lowest BCUT2D eigenvalue weighted by Crippen LogP contribution is -2.16. The summed E-state index contributed by atoms with van der Waals surface area (Å²) in [6.07, 6.45) is 1.78. The van der Waals surface area contributed by atoms with E-state index in [-0.39, 0.29) is 40.2 Å². The maximum absolute atomic E-state index is 15.0. The summed E-state index contributed by atoms with van der Waals surface area (Å²) < 4.78 is 20.5. The van der Waals surface area contributed by atoms with E-state index in [1.165, 1.54) is 24.4 Å². The Morgan fingerprint density at radius 2 is 2.00 bits per heavy atom. The number of nitrogens with zero attached hydrogens (tertiary/aromatic N) is 1. The van der Waals surface area contributed by atoms with Crippen LogP contribution in [0.3, 0.4) is 0 Å². The van der Waals surface area contributed by atoms with Gasteiger partial charge in [0.1, 0.15) is 12.4 Å². The van der Waals surface area contributed by atoms with Crippen LogP contribution in [0, 0.1) is 11.2 Å². The van der Waals surface area contributed by atoms with E-state index < -0.39 is 11.7 Å². The number of anilines is 2. The van der Waals surface area contributed by atoms with Crippen molar-refractivity contribution >= 4 is 34.7 Å². The molecule has 0 spiro atoms. The highest BCUT2D eigenvalue weighted by Crippen LogP contribution is 2.29. The first kappa shape index (κ1) is 21.3. The summed E-state index contributed by atoms with van der Waals surface area (Å²) in [5.41, 5.74) is 7.26. The molecule has 0 fully saturated rings. The molecule has 3 rings (SSSR count). The minimum absolute atomic E-state index is 0.0537. The maximum atomic E-state index is 15.0. The summed E-state index contributed by atoms with van der Waals surface area (Å²) in [7, 11) is 0. The number of benzene rings is 2. The van der Waals surface area contributed by atoms with Gasteiger partial charge in [-0.15, -0.1) is 0 Å². The van der Waals surface area contributed by atoms with Crippen LogP contribution < -0.4 is 15.8 Å². The molecular formula is C22H20ClFN4O2. The third-order valence-corrected chi connectivity index (χ3v) is 4.69. The van der Waals surface area contributed by atoms with E-state index in [0.717, 1.165) is 5.56 Å². The lowest BCUT2D eigenvalue weighted by Gasteiger charge is -2.13. The molecule has 1 heterocycles. The molecule has 0 radical (unpaired) electrons. The molecule has 0 aliphatic rings. The van der Waals surface area contributed by atoms with Crippen LogP contribution in [-0.2, 0) is 6.61 Å². The first-order valence-corrected chi connectivity index (χ1v) is 9.57. The molecule has 0 saturated heterocycles. The number of amides is 1. The zero-order chi connectivity index (χ0) is 21.7. The Labute approximate surface area is 178 Å². The topological polar surface area (TPSA) is 101 Å². The van der Waals surface area contributed by atoms with Crippen LogP contribution in [-0.4, -0.2) is 16.6 Å². The minimum Gasteiger partial charge on any atom is -0.486 e. The van der Waals surface area contributed by atoms with Crippen molar-refractivity contribution in [2.24, 2.45) is 0 Å². The largest absolute Gasteiger partial charge is 0.486 e. The normalized spacial score (nSPS) is 10.5. The molecule has 4 N–H and O–H groups in total. The number of hydrogen-bond acceptors (Lipinski definition) is 5. The highest BCUT2D eigenvalue weighted by atomic mass is 35.5. The SMILES string of the molecule is CCC(=N)c1cc(NC(=O)c2c(Cl)ccc(OCc3ccccc3)c2F)cnc1N. The third kappa shape index (κ3) is 4.75. The molecule has 154 valence electrons. The smallest absolute Gasteiger partial charge is 0.260 e. The summed E-state index contributed by atoms with van der Waals surface area (Å²) in [6.45, 7) is 1.95. The Balaban J connectivity index is 1.83. The maximum Gasteiger partial charge on any atom is 0.260 e. The molecule has 1 aromatic heterocycles. The molecule has 0 saturated carbocycles. The lowest BCUT2D eigenvalue weighted by molar-refractivity contribution is 0.102. The predicted octanol–water partition coefficient (Wildman–Crippen LogP) is 5.07. The number of nitrogens with two attached hydrogens (primary N) is 1. The van der Waals surface area contributed by atoms with Crippen molar-refractivity contribution < 1.29 is 13.9 Å². The highest BCUT2D eigenvalue weighted by molar-refractivity contribution is 6.34. The number of rotatable bonds is 7. The van der Waals surface area contributed by atoms with Gasteiger partial charge in [0.2, 0.25) is 0 Å². The molecule has 0 atom stereocenters. The number of halogens is 2. The van der Waals surface area contributed by atoms with Gasteiger partial charge in [-0.25, -0.2) is 9.37 Å². The van der Waals surface area contributed by atoms with E-state index in [2.05, 4.69) is 10.3 Å². The number of pyridine rings is 1. The summed E-state index contributed by atoms with van der Waals surface area (Å²) in [5.74, 6) is -1.53. The van der Waals surface area contributed by atoms with E-state index >= 15 is 0 Å². The summed E-state index contributed by atoms with van der Waals surface area (Å²) in [4.78, 5) is 16.7. The number of carbonyl (C=O) groups is 1. The molecule has 3 aromatic rings. The number of nitrogen functional groups attached to an aromatic ring is 1. The van der Waals surface area contributed by atoms with Crippen LogP contribution in [0.1, 0.15) is 34.8 Å². The van der Waals surface area contributed by atoms with Crippen LogP contribution >= 0.6 is 11.6 Å². The molecule has 0 aliphatic carbocycles. The Hall–Kier alpha value is -3.45. The standard InChI is InChI=1S/C22H20ClFN4O2/c1-2-17(25)15-10-14(11-27-21(15)26)28-22(29)19-16(23)8-9-18(20(19)24)30-12-13-6-4-3-5-7-13/h3-11,25H,2,12H2,1H3,(H2,26,27)(H,28,29). The van der Waals surface area contributed by atoms with Crippen molar-refractivity contribution in [2.45, 2.75) is 20.0 Å². The van der Waals surface area contributed by atoms with Crippen molar-refractivity contribution in [2.75, 3.05) is 11.1 Å². The molecule has 0 aliphatic heterocycles. The van der Waals surface area contributed by atoms with Crippen molar-refractivity contribution in [3.8, 4) is 5.75 Å². The lowest BCUT2D eigenvalue weighted by atomic mass is 10.1. The van der Waals surface area contributed by atoms with E-state index in [1.807, 2.05) is 37.3 Å². The molecule has 30 heavy (non-hydrogen) atoms. The Kier molecular flexibility index (Phi) is 6.64. The van der Waals surface area contributed by atoms with Gasteiger partial charge in [-0.3, -0.25) is 4.79 Å². The first-order chi connectivity index (χ1) is 14.4. The second-order valence-electron chi connectivity index (χ2n) is 6.45. The zero-order valence-corrected chi connectivity index (χ0v) is 17.0. The number of carbonyl (C=O) groups excluding carboxylic acids is 1. The number of hydrogen-bond donors (Lipinski definition) is 3. The molecule has 0 unspecified atom stereocenters. The number of ether oxygens (including phenoxy) is 1. The molecular weight excluding hydrogens is 407 g/mol. The minimum atomic E-state index is -0.860. The second-order valence-corrected chi connectivity index (χ2v) is 6.86. The van der Waals surface area contributed by atoms with Gasteiger partial charge in [-0.05, 0) is 30.2 Å². The quantitative estimate of drug-likeness (QED) is 0.459. The van der Waals surface area contributed by atoms with E-state index in [1.54, 1.807) is 0 Å². The summed E-state index contributed by atoms with van der Waals surface area (Å²) in [6, 6.07) is 13.6. The van der Waals surface area contributed by atoms with Gasteiger partial charge < -0.3 is 21.2 Å². The van der Waals surface area contributed by atoms with Gasteiger partial charge in [0.15, 0.2) is 11.6 Å². The molecule has 6 nitrogen and oxygen atoms in total. The Morgan fingerprint density at radius 1 is 1.27 bits per heavy atom. The van der Waals surface area contributed by atoms with Crippen molar-refractivity contribution in [1.82, 2.24) is 4.98 Å². The number of nitrogens with one attached hydrogen (secondary N) is 2. The van der Waals surface area contributed by atoms with Crippen LogP contribution in [0.4, 0.5) is 15.9 Å². The average Bonchev–Trinajstić information content (AvgIpc) is 2.74. The van der Waals surface area contributed by atoms with Crippen molar-refractivity contribution in [1.29, 1.82) is 5.41 Å². The van der Waals surface area contributed by atoms with Gasteiger partial charge in [0, 0.05) is 11.3 Å².